The highest BCUT2D eigenvalue weighted by Crippen LogP contribution is 2.31. The second-order valence-corrected chi connectivity index (χ2v) is 8.82. The number of carbonyl (C=O) groups excluding carboxylic acids is 4. The van der Waals surface area contributed by atoms with Crippen molar-refractivity contribution < 1.29 is 47.3 Å². The second kappa shape index (κ2) is 13.7. The van der Waals surface area contributed by atoms with Crippen LogP contribution in [0.3, 0.4) is 0 Å². The van der Waals surface area contributed by atoms with Crippen molar-refractivity contribution in [3.63, 3.8) is 0 Å². The minimum atomic E-state index is -2.35. The Morgan fingerprint density at radius 1 is 0.650 bits per heavy atom. The molecule has 1 aliphatic rings. The highest BCUT2D eigenvalue weighted by Gasteiger charge is 2.53. The molecule has 5 atom stereocenters. The van der Waals surface area contributed by atoms with E-state index in [2.05, 4.69) is 0 Å². The summed E-state index contributed by atoms with van der Waals surface area (Å²) >= 11 is 5.50. The number of rotatable bonds is 9. The van der Waals surface area contributed by atoms with Crippen LogP contribution in [0.1, 0.15) is 31.1 Å². The van der Waals surface area contributed by atoms with E-state index < -0.39 is 67.1 Å². The summed E-state index contributed by atoms with van der Waals surface area (Å²) in [6.07, 6.45) is -8.92. The number of halogens is 2. The number of alkyl halides is 2. The van der Waals surface area contributed by atoms with Gasteiger partial charge in [-0.2, -0.15) is 0 Å². The zero-order valence-corrected chi connectivity index (χ0v) is 21.6. The second-order valence-electron chi connectivity index (χ2n) is 8.55. The Labute approximate surface area is 233 Å². The van der Waals surface area contributed by atoms with Crippen molar-refractivity contribution in [1.29, 1.82) is 0 Å². The summed E-state index contributed by atoms with van der Waals surface area (Å²) in [5, 5.41) is 0. The summed E-state index contributed by atoms with van der Waals surface area (Å²) in [5.74, 6) is -4.04. The average molecular weight is 571 g/mol. The number of benzene rings is 3. The first-order valence-corrected chi connectivity index (χ1v) is 12.7. The van der Waals surface area contributed by atoms with Gasteiger partial charge in [0.15, 0.2) is 18.3 Å². The molecule has 1 heterocycles. The Balaban J connectivity index is 1.69. The fourth-order valence-corrected chi connectivity index (χ4v) is 3.99. The van der Waals surface area contributed by atoms with E-state index in [-0.39, 0.29) is 16.7 Å². The predicted octanol–water partition coefficient (Wildman–Crippen LogP) is 4.14. The van der Waals surface area contributed by atoms with Crippen LogP contribution in [0.2, 0.25) is 0 Å². The van der Waals surface area contributed by atoms with Gasteiger partial charge in [0.1, 0.15) is 18.6 Å². The van der Waals surface area contributed by atoms with Crippen LogP contribution in [0, 0.1) is 0 Å². The fraction of sp³-hybridized carbons (Fsp3) is 0.241. The predicted molar refractivity (Wildman–Crippen MR) is 138 cm³/mol. The molecule has 0 radical (unpaired) electrons. The molecule has 0 spiro atoms. The molecule has 11 heteroatoms. The first-order chi connectivity index (χ1) is 19.4. The summed E-state index contributed by atoms with van der Waals surface area (Å²) in [7, 11) is 0. The lowest BCUT2D eigenvalue weighted by atomic mass is 9.98. The largest absolute Gasteiger partial charge is 0.462 e. The SMILES string of the molecule is O=C(CCl)OCC1OC(F)C(OC(=O)c2ccccc2)C(OC(=O)c2ccccc2)C1OC(=O)c1ccccc1. The van der Waals surface area contributed by atoms with Crippen LogP contribution < -0.4 is 0 Å². The maximum absolute atomic E-state index is 15.5. The molecule has 9 nitrogen and oxygen atoms in total. The first kappa shape index (κ1) is 28.7. The van der Waals surface area contributed by atoms with Gasteiger partial charge in [-0.25, -0.2) is 18.8 Å². The summed E-state index contributed by atoms with van der Waals surface area (Å²) < 4.78 is 42.6. The zero-order chi connectivity index (χ0) is 28.5. The molecule has 0 N–H and O–H groups in total. The molecule has 5 unspecified atom stereocenters. The van der Waals surface area contributed by atoms with Gasteiger partial charge in [-0.1, -0.05) is 54.6 Å². The third-order valence-corrected chi connectivity index (χ3v) is 6.07. The van der Waals surface area contributed by atoms with E-state index in [0.717, 1.165) is 0 Å². The van der Waals surface area contributed by atoms with Gasteiger partial charge < -0.3 is 23.7 Å². The van der Waals surface area contributed by atoms with E-state index in [1.807, 2.05) is 0 Å². The highest BCUT2D eigenvalue weighted by atomic mass is 35.5. The number of carbonyl (C=O) groups is 4. The topological polar surface area (TPSA) is 114 Å². The van der Waals surface area contributed by atoms with Gasteiger partial charge in [-0.05, 0) is 36.4 Å². The number of ether oxygens (including phenoxy) is 5. The Kier molecular flexibility index (Phi) is 9.82. The molecule has 40 heavy (non-hydrogen) atoms. The van der Waals surface area contributed by atoms with E-state index in [4.69, 9.17) is 35.3 Å². The molecular weight excluding hydrogens is 547 g/mol. The van der Waals surface area contributed by atoms with Crippen LogP contribution in [0.5, 0.6) is 0 Å². The molecule has 0 aromatic heterocycles. The van der Waals surface area contributed by atoms with Crippen molar-refractivity contribution in [2.24, 2.45) is 0 Å². The quantitative estimate of drug-likeness (QED) is 0.213. The minimum Gasteiger partial charge on any atom is -0.462 e. The normalized spacial score (nSPS) is 22.0. The monoisotopic (exact) mass is 570 g/mol. The smallest absolute Gasteiger partial charge is 0.338 e. The van der Waals surface area contributed by atoms with E-state index >= 15 is 4.39 Å². The van der Waals surface area contributed by atoms with Crippen molar-refractivity contribution in [1.82, 2.24) is 0 Å². The minimum absolute atomic E-state index is 0.0961. The summed E-state index contributed by atoms with van der Waals surface area (Å²) in [5.41, 5.74) is 0.335. The Morgan fingerprint density at radius 2 is 1.05 bits per heavy atom. The third-order valence-electron chi connectivity index (χ3n) is 5.85. The van der Waals surface area contributed by atoms with Crippen LogP contribution in [-0.2, 0) is 28.5 Å². The van der Waals surface area contributed by atoms with Gasteiger partial charge in [-0.3, -0.25) is 4.79 Å². The van der Waals surface area contributed by atoms with Crippen LogP contribution in [0.4, 0.5) is 4.39 Å². The van der Waals surface area contributed by atoms with Crippen LogP contribution in [0.15, 0.2) is 91.0 Å². The lowest BCUT2D eigenvalue weighted by Gasteiger charge is -2.42. The Morgan fingerprint density at radius 3 is 1.48 bits per heavy atom. The van der Waals surface area contributed by atoms with Gasteiger partial charge in [0.25, 0.3) is 0 Å². The fourth-order valence-electron chi connectivity index (χ4n) is 3.91. The van der Waals surface area contributed by atoms with E-state index in [0.29, 0.717) is 0 Å². The van der Waals surface area contributed by atoms with Gasteiger partial charge >= 0.3 is 23.9 Å². The molecule has 0 amide bonds. The van der Waals surface area contributed by atoms with Crippen molar-refractivity contribution in [3.05, 3.63) is 108 Å². The molecule has 208 valence electrons. The average Bonchev–Trinajstić information content (AvgIpc) is 3.00. The van der Waals surface area contributed by atoms with Gasteiger partial charge in [0, 0.05) is 0 Å². The molecule has 1 fully saturated rings. The van der Waals surface area contributed by atoms with Crippen LogP contribution in [-0.4, -0.2) is 67.1 Å². The maximum atomic E-state index is 15.5. The summed E-state index contributed by atoms with van der Waals surface area (Å²) in [6, 6.07) is 23.4. The zero-order valence-electron chi connectivity index (χ0n) is 20.9. The van der Waals surface area contributed by atoms with Crippen molar-refractivity contribution in [2.45, 2.75) is 30.8 Å². The van der Waals surface area contributed by atoms with Crippen molar-refractivity contribution in [2.75, 3.05) is 12.5 Å². The van der Waals surface area contributed by atoms with Gasteiger partial charge in [-0.15, -0.1) is 11.6 Å². The maximum Gasteiger partial charge on any atom is 0.338 e. The number of esters is 4. The van der Waals surface area contributed by atoms with Gasteiger partial charge in [0.05, 0.1) is 16.7 Å². The molecular formula is C29H24ClFO9. The van der Waals surface area contributed by atoms with Gasteiger partial charge in [0.2, 0.25) is 6.36 Å². The van der Waals surface area contributed by atoms with Crippen LogP contribution >= 0.6 is 11.6 Å². The molecule has 0 bridgehead atoms. The molecule has 0 aliphatic carbocycles. The van der Waals surface area contributed by atoms with E-state index in [9.17, 15) is 19.2 Å². The first-order valence-electron chi connectivity index (χ1n) is 12.2. The molecule has 0 saturated carbocycles. The Hall–Kier alpha value is -4.28. The molecule has 1 aliphatic heterocycles. The van der Waals surface area contributed by atoms with Crippen LogP contribution in [0.25, 0.3) is 0 Å². The Bertz CT molecular complexity index is 1310. The van der Waals surface area contributed by atoms with E-state index in [1.54, 1.807) is 54.6 Å². The summed E-state index contributed by atoms with van der Waals surface area (Å²) in [6.45, 7) is -0.600. The molecule has 3 aromatic rings. The summed E-state index contributed by atoms with van der Waals surface area (Å²) in [4.78, 5) is 50.7. The van der Waals surface area contributed by atoms with Crippen molar-refractivity contribution in [3.8, 4) is 0 Å². The molecule has 1 saturated heterocycles. The molecule has 4 rings (SSSR count). The van der Waals surface area contributed by atoms with Crippen molar-refractivity contribution >= 4 is 35.5 Å². The highest BCUT2D eigenvalue weighted by molar-refractivity contribution is 6.26. The number of hydrogen-bond acceptors (Lipinski definition) is 9. The third kappa shape index (κ3) is 7.22. The lowest BCUT2D eigenvalue weighted by Crippen LogP contribution is -2.61. The number of hydrogen-bond donors (Lipinski definition) is 0. The lowest BCUT2D eigenvalue weighted by molar-refractivity contribution is -0.262. The molecule has 3 aromatic carbocycles. The standard InChI is InChI=1S/C29H24ClFO9/c30-16-22(32)36-17-21-23(38-27(33)18-10-4-1-5-11-18)24(39-28(34)19-12-6-2-7-13-19)25(26(31)37-21)40-29(35)20-14-8-3-9-15-20/h1-15,21,23-26H,16-17H2. The van der Waals surface area contributed by atoms with E-state index in [1.165, 1.54) is 36.4 Å².